The lowest BCUT2D eigenvalue weighted by Gasteiger charge is -2.24. The van der Waals surface area contributed by atoms with Crippen molar-refractivity contribution in [3.05, 3.63) is 77.9 Å². The molecule has 0 bridgehead atoms. The van der Waals surface area contributed by atoms with Crippen molar-refractivity contribution in [3.63, 3.8) is 0 Å². The molecule has 3 rings (SSSR count). The second-order valence-electron chi connectivity index (χ2n) is 8.21. The van der Waals surface area contributed by atoms with Crippen LogP contribution < -0.4 is 4.74 Å². The minimum Gasteiger partial charge on any atom is -0.444 e. The highest BCUT2D eigenvalue weighted by Crippen LogP contribution is 2.21. The SMILES string of the molecule is CN(CCc1ccc(OC(=O)c2cccc3ccccc23)cc1)C(=O)OC(C)(C)C. The van der Waals surface area contributed by atoms with Crippen LogP contribution in [-0.2, 0) is 11.2 Å². The number of carbonyl (C=O) groups is 2. The molecule has 5 nitrogen and oxygen atoms in total. The van der Waals surface area contributed by atoms with E-state index in [1.54, 1.807) is 30.1 Å². The molecular formula is C25H27NO4. The zero-order valence-electron chi connectivity index (χ0n) is 17.8. The monoisotopic (exact) mass is 405 g/mol. The van der Waals surface area contributed by atoms with Crippen molar-refractivity contribution in [2.75, 3.05) is 13.6 Å². The molecule has 0 saturated heterocycles. The molecule has 0 N–H and O–H groups in total. The van der Waals surface area contributed by atoms with Gasteiger partial charge < -0.3 is 14.4 Å². The number of rotatable bonds is 5. The molecule has 0 saturated carbocycles. The highest BCUT2D eigenvalue weighted by Gasteiger charge is 2.19. The fraction of sp³-hybridized carbons (Fsp3) is 0.280. The highest BCUT2D eigenvalue weighted by atomic mass is 16.6. The molecular weight excluding hydrogens is 378 g/mol. The van der Waals surface area contributed by atoms with Crippen molar-refractivity contribution < 1.29 is 19.1 Å². The number of benzene rings is 3. The van der Waals surface area contributed by atoms with Gasteiger partial charge in [-0.15, -0.1) is 0 Å². The molecule has 0 radical (unpaired) electrons. The zero-order chi connectivity index (χ0) is 21.7. The van der Waals surface area contributed by atoms with Gasteiger partial charge in [-0.25, -0.2) is 9.59 Å². The van der Waals surface area contributed by atoms with E-state index in [0.717, 1.165) is 16.3 Å². The summed E-state index contributed by atoms with van der Waals surface area (Å²) in [6.45, 7) is 6.06. The zero-order valence-corrected chi connectivity index (χ0v) is 17.8. The highest BCUT2D eigenvalue weighted by molar-refractivity contribution is 6.05. The van der Waals surface area contributed by atoms with Crippen LogP contribution in [0.3, 0.4) is 0 Å². The first-order valence-electron chi connectivity index (χ1n) is 9.96. The molecule has 30 heavy (non-hydrogen) atoms. The first-order valence-corrected chi connectivity index (χ1v) is 9.96. The van der Waals surface area contributed by atoms with E-state index in [4.69, 9.17) is 9.47 Å². The van der Waals surface area contributed by atoms with Gasteiger partial charge in [0.1, 0.15) is 11.4 Å². The molecule has 3 aromatic carbocycles. The third kappa shape index (κ3) is 5.60. The molecule has 0 spiro atoms. The number of likely N-dealkylation sites (N-methyl/N-ethyl adjacent to an activating group) is 1. The van der Waals surface area contributed by atoms with E-state index in [9.17, 15) is 9.59 Å². The van der Waals surface area contributed by atoms with Gasteiger partial charge in [-0.05, 0) is 61.7 Å². The average molecular weight is 405 g/mol. The summed E-state index contributed by atoms with van der Waals surface area (Å²) in [5, 5.41) is 1.86. The number of fused-ring (bicyclic) bond motifs is 1. The number of ether oxygens (including phenoxy) is 2. The lowest BCUT2D eigenvalue weighted by atomic mass is 10.0. The Bertz CT molecular complexity index is 1030. The van der Waals surface area contributed by atoms with Gasteiger partial charge in [0.2, 0.25) is 0 Å². The molecule has 1 amide bonds. The summed E-state index contributed by atoms with van der Waals surface area (Å²) in [5.41, 5.74) is 1.06. The third-order valence-electron chi connectivity index (χ3n) is 4.58. The van der Waals surface area contributed by atoms with Crippen molar-refractivity contribution in [1.29, 1.82) is 0 Å². The van der Waals surface area contributed by atoms with Gasteiger partial charge in [-0.3, -0.25) is 0 Å². The number of hydrogen-bond acceptors (Lipinski definition) is 4. The van der Waals surface area contributed by atoms with Gasteiger partial charge in [0.05, 0.1) is 5.56 Å². The van der Waals surface area contributed by atoms with E-state index in [-0.39, 0.29) is 12.1 Å². The van der Waals surface area contributed by atoms with Gasteiger partial charge in [0.25, 0.3) is 0 Å². The minimum absolute atomic E-state index is 0.344. The molecule has 0 aliphatic carbocycles. The van der Waals surface area contributed by atoms with Crippen molar-refractivity contribution in [1.82, 2.24) is 4.90 Å². The second-order valence-corrected chi connectivity index (χ2v) is 8.21. The first kappa shape index (κ1) is 21.4. The second kappa shape index (κ2) is 8.99. The largest absolute Gasteiger partial charge is 0.444 e. The molecule has 0 heterocycles. The molecule has 3 aromatic rings. The first-order chi connectivity index (χ1) is 14.2. The molecule has 0 aliphatic rings. The quantitative estimate of drug-likeness (QED) is 0.417. The molecule has 0 fully saturated rings. The van der Waals surface area contributed by atoms with Gasteiger partial charge in [-0.1, -0.05) is 48.5 Å². The number of esters is 1. The fourth-order valence-electron chi connectivity index (χ4n) is 3.02. The van der Waals surface area contributed by atoms with Crippen molar-refractivity contribution in [3.8, 4) is 5.75 Å². The van der Waals surface area contributed by atoms with Gasteiger partial charge >= 0.3 is 12.1 Å². The van der Waals surface area contributed by atoms with Gasteiger partial charge in [0.15, 0.2) is 0 Å². The van der Waals surface area contributed by atoms with Crippen LogP contribution in [0.4, 0.5) is 4.79 Å². The van der Waals surface area contributed by atoms with Crippen molar-refractivity contribution >= 4 is 22.8 Å². The van der Waals surface area contributed by atoms with Crippen molar-refractivity contribution in [2.45, 2.75) is 32.8 Å². The maximum absolute atomic E-state index is 12.6. The van der Waals surface area contributed by atoms with Gasteiger partial charge in [0, 0.05) is 13.6 Å². The Labute approximate surface area is 177 Å². The summed E-state index contributed by atoms with van der Waals surface area (Å²) < 4.78 is 10.9. The average Bonchev–Trinajstić information content (AvgIpc) is 2.71. The number of amides is 1. The maximum Gasteiger partial charge on any atom is 0.410 e. The maximum atomic E-state index is 12.6. The van der Waals surface area contributed by atoms with E-state index in [0.29, 0.717) is 24.3 Å². The minimum atomic E-state index is -0.513. The predicted molar refractivity (Wildman–Crippen MR) is 118 cm³/mol. The van der Waals surface area contributed by atoms with Crippen LogP contribution in [0.1, 0.15) is 36.7 Å². The Kier molecular flexibility index (Phi) is 6.40. The standard InChI is InChI=1S/C25H27NO4/c1-25(2,3)30-24(28)26(4)17-16-18-12-14-20(15-13-18)29-23(27)22-11-7-9-19-8-5-6-10-21(19)22/h5-15H,16-17H2,1-4H3. The summed E-state index contributed by atoms with van der Waals surface area (Å²) in [6, 6.07) is 20.6. The van der Waals surface area contributed by atoms with E-state index in [1.165, 1.54) is 0 Å². The van der Waals surface area contributed by atoms with Crippen LogP contribution in [0.5, 0.6) is 5.75 Å². The topological polar surface area (TPSA) is 55.8 Å². The molecule has 5 heteroatoms. The molecule has 0 aliphatic heterocycles. The molecule has 0 unspecified atom stereocenters. The van der Waals surface area contributed by atoms with Crippen LogP contribution in [0, 0.1) is 0 Å². The summed E-state index contributed by atoms with van der Waals surface area (Å²) in [5.74, 6) is 0.0985. The number of nitrogens with zero attached hydrogens (tertiary/aromatic N) is 1. The Morgan fingerprint density at radius 1 is 0.900 bits per heavy atom. The molecule has 156 valence electrons. The Balaban J connectivity index is 1.59. The Morgan fingerprint density at radius 2 is 1.57 bits per heavy atom. The Morgan fingerprint density at radius 3 is 2.27 bits per heavy atom. The van der Waals surface area contributed by atoms with Gasteiger partial charge in [-0.2, -0.15) is 0 Å². The molecule has 0 atom stereocenters. The van der Waals surface area contributed by atoms with Crippen LogP contribution in [0.25, 0.3) is 10.8 Å². The molecule has 0 aromatic heterocycles. The summed E-state index contributed by atoms with van der Waals surface area (Å²) in [6.07, 6.45) is 0.330. The normalized spacial score (nSPS) is 11.2. The van der Waals surface area contributed by atoms with E-state index < -0.39 is 5.60 Å². The lowest BCUT2D eigenvalue weighted by molar-refractivity contribution is 0.0300. The summed E-state index contributed by atoms with van der Waals surface area (Å²) in [7, 11) is 1.72. The van der Waals surface area contributed by atoms with E-state index in [1.807, 2.05) is 69.3 Å². The van der Waals surface area contributed by atoms with Crippen LogP contribution in [0.2, 0.25) is 0 Å². The van der Waals surface area contributed by atoms with Crippen LogP contribution in [-0.4, -0.2) is 36.2 Å². The lowest BCUT2D eigenvalue weighted by Crippen LogP contribution is -2.35. The van der Waals surface area contributed by atoms with Crippen LogP contribution >= 0.6 is 0 Å². The van der Waals surface area contributed by atoms with Crippen molar-refractivity contribution in [2.24, 2.45) is 0 Å². The summed E-state index contributed by atoms with van der Waals surface area (Å²) >= 11 is 0. The van der Waals surface area contributed by atoms with Crippen LogP contribution in [0.15, 0.2) is 66.7 Å². The Hall–Kier alpha value is -3.34. The smallest absolute Gasteiger partial charge is 0.410 e. The predicted octanol–water partition coefficient (Wildman–Crippen LogP) is 5.47. The number of carbonyl (C=O) groups excluding carboxylic acids is 2. The summed E-state index contributed by atoms with van der Waals surface area (Å²) in [4.78, 5) is 26.2. The third-order valence-corrected chi connectivity index (χ3v) is 4.58. The van der Waals surface area contributed by atoms with E-state index >= 15 is 0 Å². The number of hydrogen-bond donors (Lipinski definition) is 0. The van der Waals surface area contributed by atoms with E-state index in [2.05, 4.69) is 0 Å². The fourth-order valence-corrected chi connectivity index (χ4v) is 3.02.